The second kappa shape index (κ2) is 2.95. The van der Waals surface area contributed by atoms with Gasteiger partial charge in [-0.3, -0.25) is 0 Å². The molecule has 0 aliphatic heterocycles. The lowest BCUT2D eigenvalue weighted by atomic mass is 9.95. The summed E-state index contributed by atoms with van der Waals surface area (Å²) >= 11 is 0. The Morgan fingerprint density at radius 1 is 1.27 bits per heavy atom. The number of halogens is 4. The summed E-state index contributed by atoms with van der Waals surface area (Å²) in [5.41, 5.74) is -2.88. The van der Waals surface area contributed by atoms with Gasteiger partial charge in [-0.2, -0.15) is 13.2 Å². The second-order valence-electron chi connectivity index (χ2n) is 3.66. The van der Waals surface area contributed by atoms with E-state index in [1.807, 2.05) is 0 Å². The maximum atomic E-state index is 12.8. The van der Waals surface area contributed by atoms with Crippen molar-refractivity contribution in [3.63, 3.8) is 0 Å². The van der Waals surface area contributed by atoms with E-state index in [-0.39, 0.29) is 12.0 Å². The van der Waals surface area contributed by atoms with Gasteiger partial charge in [0.25, 0.3) is 0 Å². The highest BCUT2D eigenvalue weighted by Gasteiger charge is 2.57. The van der Waals surface area contributed by atoms with Crippen molar-refractivity contribution in [3.05, 3.63) is 35.1 Å². The molecule has 82 valence electrons. The monoisotopic (exact) mass is 220 g/mol. The van der Waals surface area contributed by atoms with E-state index in [1.165, 1.54) is 6.07 Å². The fourth-order valence-electron chi connectivity index (χ4n) is 1.90. The largest absolute Gasteiger partial charge is 0.421 e. The average molecular weight is 220 g/mol. The average Bonchev–Trinajstić information content (AvgIpc) is 2.44. The molecule has 1 aromatic carbocycles. The zero-order valence-corrected chi connectivity index (χ0v) is 7.61. The highest BCUT2D eigenvalue weighted by molar-refractivity contribution is 5.38. The molecular formula is C10H8F4O. The minimum atomic E-state index is -4.76. The van der Waals surface area contributed by atoms with E-state index >= 15 is 0 Å². The second-order valence-corrected chi connectivity index (χ2v) is 3.66. The molecular weight excluding hydrogens is 212 g/mol. The molecule has 1 aliphatic carbocycles. The van der Waals surface area contributed by atoms with Crippen LogP contribution in [0.2, 0.25) is 0 Å². The van der Waals surface area contributed by atoms with Gasteiger partial charge in [0.05, 0.1) is 0 Å². The Morgan fingerprint density at radius 2 is 1.93 bits per heavy atom. The molecule has 0 bridgehead atoms. The third kappa shape index (κ3) is 1.42. The summed E-state index contributed by atoms with van der Waals surface area (Å²) in [5, 5.41) is 9.51. The molecule has 1 aromatic rings. The van der Waals surface area contributed by atoms with Crippen LogP contribution in [-0.4, -0.2) is 11.3 Å². The van der Waals surface area contributed by atoms with Crippen LogP contribution >= 0.6 is 0 Å². The summed E-state index contributed by atoms with van der Waals surface area (Å²) in [4.78, 5) is 0. The van der Waals surface area contributed by atoms with Crippen LogP contribution < -0.4 is 0 Å². The number of hydrogen-bond acceptors (Lipinski definition) is 1. The molecule has 1 aliphatic rings. The van der Waals surface area contributed by atoms with Gasteiger partial charge in [0.2, 0.25) is 0 Å². The van der Waals surface area contributed by atoms with Gasteiger partial charge in [0.15, 0.2) is 5.60 Å². The Hall–Kier alpha value is -1.10. The van der Waals surface area contributed by atoms with E-state index in [4.69, 9.17) is 0 Å². The van der Waals surface area contributed by atoms with Crippen LogP contribution in [0.1, 0.15) is 17.5 Å². The van der Waals surface area contributed by atoms with Gasteiger partial charge in [-0.25, -0.2) is 4.39 Å². The summed E-state index contributed by atoms with van der Waals surface area (Å²) in [6.45, 7) is 0. The summed E-state index contributed by atoms with van der Waals surface area (Å²) in [6.07, 6.45) is -5.08. The highest BCUT2D eigenvalue weighted by atomic mass is 19.4. The Labute approximate surface area is 83.3 Å². The molecule has 15 heavy (non-hydrogen) atoms. The van der Waals surface area contributed by atoms with Crippen molar-refractivity contribution in [2.75, 3.05) is 0 Å². The lowest BCUT2D eigenvalue weighted by Crippen LogP contribution is -2.40. The summed E-state index contributed by atoms with van der Waals surface area (Å²) in [5.74, 6) is -0.765. The quantitative estimate of drug-likeness (QED) is 0.666. The molecule has 0 aromatic heterocycles. The SMILES string of the molecule is OC1(C(F)(F)F)CCc2ccc(F)cc21. The fraction of sp³-hybridized carbons (Fsp3) is 0.400. The van der Waals surface area contributed by atoms with E-state index < -0.39 is 24.0 Å². The van der Waals surface area contributed by atoms with Crippen LogP contribution in [0.3, 0.4) is 0 Å². The van der Waals surface area contributed by atoms with E-state index in [0.29, 0.717) is 5.56 Å². The number of alkyl halides is 3. The predicted octanol–water partition coefficient (Wildman–Crippen LogP) is 2.52. The number of aryl methyl sites for hydroxylation is 1. The van der Waals surface area contributed by atoms with Crippen molar-refractivity contribution in [2.45, 2.75) is 24.6 Å². The van der Waals surface area contributed by atoms with Gasteiger partial charge in [0.1, 0.15) is 5.82 Å². The normalized spacial score (nSPS) is 25.4. The number of fused-ring (bicyclic) bond motifs is 1. The third-order valence-electron chi connectivity index (χ3n) is 2.74. The van der Waals surface area contributed by atoms with E-state index in [2.05, 4.69) is 0 Å². The standard InChI is InChI=1S/C10H8F4O/c11-7-2-1-6-3-4-9(15,8(6)5-7)10(12,13)14/h1-2,5,15H,3-4H2. The molecule has 0 saturated carbocycles. The van der Waals surface area contributed by atoms with Gasteiger partial charge in [-0.15, -0.1) is 0 Å². The van der Waals surface area contributed by atoms with Gasteiger partial charge >= 0.3 is 6.18 Å². The molecule has 1 N–H and O–H groups in total. The fourth-order valence-corrected chi connectivity index (χ4v) is 1.90. The van der Waals surface area contributed by atoms with Crippen LogP contribution in [0.5, 0.6) is 0 Å². The molecule has 0 saturated heterocycles. The first-order valence-corrected chi connectivity index (χ1v) is 4.42. The van der Waals surface area contributed by atoms with Gasteiger partial charge < -0.3 is 5.11 Å². The van der Waals surface area contributed by atoms with Crippen molar-refractivity contribution in [1.82, 2.24) is 0 Å². The van der Waals surface area contributed by atoms with Crippen LogP contribution in [0.15, 0.2) is 18.2 Å². The highest BCUT2D eigenvalue weighted by Crippen LogP contribution is 2.47. The first kappa shape index (κ1) is 10.4. The molecule has 2 rings (SSSR count). The number of aliphatic hydroxyl groups is 1. The number of rotatable bonds is 0. The summed E-state index contributed by atoms with van der Waals surface area (Å²) < 4.78 is 50.6. The molecule has 1 atom stereocenters. The van der Waals surface area contributed by atoms with Gasteiger partial charge in [-0.1, -0.05) is 6.07 Å². The maximum Gasteiger partial charge on any atom is 0.421 e. The van der Waals surface area contributed by atoms with Crippen LogP contribution in [0.4, 0.5) is 17.6 Å². The predicted molar refractivity (Wildman–Crippen MR) is 44.7 cm³/mol. The smallest absolute Gasteiger partial charge is 0.376 e. The molecule has 0 amide bonds. The Balaban J connectivity index is 2.56. The lowest BCUT2D eigenvalue weighted by Gasteiger charge is -2.26. The minimum absolute atomic E-state index is 0.117. The summed E-state index contributed by atoms with van der Waals surface area (Å²) in [7, 11) is 0. The number of hydrogen-bond donors (Lipinski definition) is 1. The minimum Gasteiger partial charge on any atom is -0.376 e. The summed E-state index contributed by atoms with van der Waals surface area (Å²) in [6, 6.07) is 3.14. The first-order chi connectivity index (χ1) is 6.84. The zero-order chi connectivity index (χ0) is 11.3. The molecule has 0 spiro atoms. The van der Waals surface area contributed by atoms with Crippen molar-refractivity contribution in [1.29, 1.82) is 0 Å². The molecule has 0 heterocycles. The van der Waals surface area contributed by atoms with Crippen molar-refractivity contribution >= 4 is 0 Å². The van der Waals surface area contributed by atoms with Crippen molar-refractivity contribution in [3.8, 4) is 0 Å². The topological polar surface area (TPSA) is 20.2 Å². The van der Waals surface area contributed by atoms with Gasteiger partial charge in [-0.05, 0) is 36.1 Å². The molecule has 0 fully saturated rings. The Kier molecular flexibility index (Phi) is 2.05. The van der Waals surface area contributed by atoms with Crippen LogP contribution in [0.25, 0.3) is 0 Å². The van der Waals surface area contributed by atoms with Crippen LogP contribution in [0, 0.1) is 5.82 Å². The first-order valence-electron chi connectivity index (χ1n) is 4.42. The molecule has 1 nitrogen and oxygen atoms in total. The Morgan fingerprint density at radius 3 is 2.53 bits per heavy atom. The van der Waals surface area contributed by atoms with Crippen LogP contribution in [-0.2, 0) is 12.0 Å². The van der Waals surface area contributed by atoms with Crippen molar-refractivity contribution < 1.29 is 22.7 Å². The lowest BCUT2D eigenvalue weighted by molar-refractivity contribution is -0.265. The molecule has 1 unspecified atom stereocenters. The van der Waals surface area contributed by atoms with Gasteiger partial charge in [0, 0.05) is 0 Å². The Bertz CT molecular complexity index is 399. The van der Waals surface area contributed by atoms with Crippen molar-refractivity contribution in [2.24, 2.45) is 0 Å². The molecule has 5 heteroatoms. The maximum absolute atomic E-state index is 12.8. The van der Waals surface area contributed by atoms with E-state index in [9.17, 15) is 22.7 Å². The molecule has 0 radical (unpaired) electrons. The van der Waals surface area contributed by atoms with E-state index in [1.54, 1.807) is 0 Å². The van der Waals surface area contributed by atoms with E-state index in [0.717, 1.165) is 12.1 Å². The zero-order valence-electron chi connectivity index (χ0n) is 7.61. The number of benzene rings is 1. The third-order valence-corrected chi connectivity index (χ3v) is 2.74.